The molecular weight excluding hydrogens is 422 g/mol. The van der Waals surface area contributed by atoms with Crippen LogP contribution in [0, 0.1) is 6.92 Å². The SMILES string of the molecule is Cc1ccc(NS(=O)(=O)c2ccc(C(=O)OCC(=O)NC(=O)NC(C)(C)C)cc2)cc1. The Morgan fingerprint density at radius 1 is 0.935 bits per heavy atom. The van der Waals surface area contributed by atoms with Crippen molar-refractivity contribution in [3.8, 4) is 0 Å². The van der Waals surface area contributed by atoms with Crippen LogP contribution in [0.15, 0.2) is 53.4 Å². The van der Waals surface area contributed by atoms with Gasteiger partial charge in [0.15, 0.2) is 6.61 Å². The minimum atomic E-state index is -3.83. The van der Waals surface area contributed by atoms with Crippen molar-refractivity contribution in [3.63, 3.8) is 0 Å². The highest BCUT2D eigenvalue weighted by Gasteiger charge is 2.18. The van der Waals surface area contributed by atoms with Crippen LogP contribution in [0.4, 0.5) is 10.5 Å². The first-order valence-electron chi connectivity index (χ1n) is 9.34. The fourth-order valence-corrected chi connectivity index (χ4v) is 3.41. The zero-order valence-electron chi connectivity index (χ0n) is 17.7. The first-order chi connectivity index (χ1) is 14.4. The molecule has 0 spiro atoms. The second kappa shape index (κ2) is 9.61. The molecule has 0 radical (unpaired) electrons. The van der Waals surface area contributed by atoms with Crippen molar-refractivity contribution < 1.29 is 27.5 Å². The molecule has 3 amide bonds. The number of rotatable bonds is 6. The summed E-state index contributed by atoms with van der Waals surface area (Å²) in [5, 5.41) is 4.58. The lowest BCUT2D eigenvalue weighted by atomic mass is 10.1. The van der Waals surface area contributed by atoms with Gasteiger partial charge in [0, 0.05) is 11.2 Å². The maximum Gasteiger partial charge on any atom is 0.338 e. The van der Waals surface area contributed by atoms with Gasteiger partial charge < -0.3 is 10.1 Å². The average Bonchev–Trinajstić information content (AvgIpc) is 2.66. The Hall–Kier alpha value is -3.40. The van der Waals surface area contributed by atoms with E-state index in [4.69, 9.17) is 4.74 Å². The van der Waals surface area contributed by atoms with E-state index in [9.17, 15) is 22.8 Å². The number of aryl methyl sites for hydroxylation is 1. The van der Waals surface area contributed by atoms with Crippen LogP contribution < -0.4 is 15.4 Å². The zero-order chi connectivity index (χ0) is 23.2. The van der Waals surface area contributed by atoms with Crippen molar-refractivity contribution in [1.82, 2.24) is 10.6 Å². The number of esters is 1. The molecule has 2 rings (SSSR count). The van der Waals surface area contributed by atoms with E-state index in [1.54, 1.807) is 45.0 Å². The first-order valence-corrected chi connectivity index (χ1v) is 10.8. The number of hydrogen-bond acceptors (Lipinski definition) is 6. The van der Waals surface area contributed by atoms with Crippen LogP contribution in [0.5, 0.6) is 0 Å². The van der Waals surface area contributed by atoms with Gasteiger partial charge in [0.1, 0.15) is 0 Å². The van der Waals surface area contributed by atoms with Crippen molar-refractivity contribution >= 4 is 33.6 Å². The number of carbonyl (C=O) groups excluding carboxylic acids is 3. The van der Waals surface area contributed by atoms with E-state index in [2.05, 4.69) is 10.0 Å². The molecule has 3 N–H and O–H groups in total. The van der Waals surface area contributed by atoms with Crippen LogP contribution in [0.1, 0.15) is 36.7 Å². The van der Waals surface area contributed by atoms with Crippen LogP contribution in [0.25, 0.3) is 0 Å². The van der Waals surface area contributed by atoms with E-state index in [-0.39, 0.29) is 10.5 Å². The number of anilines is 1. The van der Waals surface area contributed by atoms with Crippen LogP contribution in [0.2, 0.25) is 0 Å². The number of ether oxygens (including phenoxy) is 1. The molecule has 0 heterocycles. The quantitative estimate of drug-likeness (QED) is 0.584. The summed E-state index contributed by atoms with van der Waals surface area (Å²) in [4.78, 5) is 35.4. The first kappa shape index (κ1) is 23.9. The Labute approximate surface area is 181 Å². The lowest BCUT2D eigenvalue weighted by Crippen LogP contribution is -2.49. The lowest BCUT2D eigenvalue weighted by molar-refractivity contribution is -0.123. The highest BCUT2D eigenvalue weighted by molar-refractivity contribution is 7.92. The van der Waals surface area contributed by atoms with Gasteiger partial charge in [-0.05, 0) is 64.1 Å². The molecule has 0 aliphatic rings. The summed E-state index contributed by atoms with van der Waals surface area (Å²) in [6.07, 6.45) is 0. The molecule has 0 fully saturated rings. The van der Waals surface area contributed by atoms with Crippen molar-refractivity contribution in [3.05, 3.63) is 59.7 Å². The summed E-state index contributed by atoms with van der Waals surface area (Å²) in [5.74, 6) is -1.63. The Balaban J connectivity index is 1.93. The smallest absolute Gasteiger partial charge is 0.338 e. The molecule has 0 atom stereocenters. The second-order valence-corrected chi connectivity index (χ2v) is 9.51. The van der Waals surface area contributed by atoms with Gasteiger partial charge in [0.05, 0.1) is 10.5 Å². The zero-order valence-corrected chi connectivity index (χ0v) is 18.5. The van der Waals surface area contributed by atoms with E-state index in [0.717, 1.165) is 5.56 Å². The second-order valence-electron chi connectivity index (χ2n) is 7.82. The van der Waals surface area contributed by atoms with Gasteiger partial charge in [-0.1, -0.05) is 17.7 Å². The Morgan fingerprint density at radius 2 is 1.52 bits per heavy atom. The topological polar surface area (TPSA) is 131 Å². The molecule has 0 saturated carbocycles. The molecule has 10 heteroatoms. The number of nitrogens with one attached hydrogen (secondary N) is 3. The number of imide groups is 1. The molecule has 0 aliphatic heterocycles. The third kappa shape index (κ3) is 7.74. The van der Waals surface area contributed by atoms with Crippen molar-refractivity contribution in [2.24, 2.45) is 0 Å². The largest absolute Gasteiger partial charge is 0.452 e. The number of sulfonamides is 1. The predicted molar refractivity (Wildman–Crippen MR) is 115 cm³/mol. The molecule has 0 aromatic heterocycles. The average molecular weight is 448 g/mol. The highest BCUT2D eigenvalue weighted by Crippen LogP contribution is 2.17. The fourth-order valence-electron chi connectivity index (χ4n) is 2.35. The van der Waals surface area contributed by atoms with Gasteiger partial charge >= 0.3 is 12.0 Å². The van der Waals surface area contributed by atoms with Gasteiger partial charge in [-0.2, -0.15) is 0 Å². The summed E-state index contributed by atoms with van der Waals surface area (Å²) >= 11 is 0. The summed E-state index contributed by atoms with van der Waals surface area (Å²) in [7, 11) is -3.83. The Kier molecular flexibility index (Phi) is 7.40. The van der Waals surface area contributed by atoms with Crippen molar-refractivity contribution in [2.45, 2.75) is 38.1 Å². The maximum absolute atomic E-state index is 12.5. The Morgan fingerprint density at radius 3 is 2.06 bits per heavy atom. The molecule has 9 nitrogen and oxygen atoms in total. The van der Waals surface area contributed by atoms with E-state index in [1.165, 1.54) is 24.3 Å². The summed E-state index contributed by atoms with van der Waals surface area (Å²) in [5.41, 5.74) is 0.934. The number of hydrogen-bond donors (Lipinski definition) is 3. The van der Waals surface area contributed by atoms with Crippen LogP contribution >= 0.6 is 0 Å². The normalized spacial score (nSPS) is 11.4. The highest BCUT2D eigenvalue weighted by atomic mass is 32.2. The van der Waals surface area contributed by atoms with Crippen LogP contribution in [-0.2, 0) is 19.6 Å². The lowest BCUT2D eigenvalue weighted by Gasteiger charge is -2.20. The predicted octanol–water partition coefficient (Wildman–Crippen LogP) is 2.58. The fraction of sp³-hybridized carbons (Fsp3) is 0.286. The van der Waals surface area contributed by atoms with E-state index < -0.39 is 40.1 Å². The number of benzene rings is 2. The molecule has 166 valence electrons. The van der Waals surface area contributed by atoms with Gasteiger partial charge in [0.2, 0.25) is 0 Å². The maximum atomic E-state index is 12.5. The van der Waals surface area contributed by atoms with Gasteiger partial charge in [0.25, 0.3) is 15.9 Å². The van der Waals surface area contributed by atoms with Crippen LogP contribution in [-0.4, -0.2) is 38.5 Å². The standard InChI is InChI=1S/C21H25N3O6S/c1-14-5-9-16(10-6-14)24-31(28,29)17-11-7-15(8-12-17)19(26)30-13-18(25)22-20(27)23-21(2,3)4/h5-12,24H,13H2,1-4H3,(H2,22,23,25,27). The molecule has 2 aromatic rings. The minimum Gasteiger partial charge on any atom is -0.452 e. The summed E-state index contributed by atoms with van der Waals surface area (Å²) < 4.78 is 32.2. The van der Waals surface area contributed by atoms with Crippen LogP contribution in [0.3, 0.4) is 0 Å². The number of amides is 3. The minimum absolute atomic E-state index is 0.0405. The van der Waals surface area contributed by atoms with Gasteiger partial charge in [-0.25, -0.2) is 18.0 Å². The molecule has 0 unspecified atom stereocenters. The van der Waals surface area contributed by atoms with Crippen molar-refractivity contribution in [1.29, 1.82) is 0 Å². The molecular formula is C21H25N3O6S. The van der Waals surface area contributed by atoms with Gasteiger partial charge in [-0.15, -0.1) is 0 Å². The third-order valence-corrected chi connectivity index (χ3v) is 5.18. The third-order valence-electron chi connectivity index (χ3n) is 3.78. The molecule has 0 bridgehead atoms. The molecule has 31 heavy (non-hydrogen) atoms. The monoisotopic (exact) mass is 447 g/mol. The summed E-state index contributed by atoms with van der Waals surface area (Å²) in [6.45, 7) is 6.47. The van der Waals surface area contributed by atoms with E-state index >= 15 is 0 Å². The molecule has 2 aromatic carbocycles. The van der Waals surface area contributed by atoms with E-state index in [1.807, 2.05) is 12.2 Å². The van der Waals surface area contributed by atoms with Crippen molar-refractivity contribution in [2.75, 3.05) is 11.3 Å². The number of carbonyl (C=O) groups is 3. The molecule has 0 saturated heterocycles. The Bertz CT molecular complexity index is 1060. The van der Waals surface area contributed by atoms with Gasteiger partial charge in [-0.3, -0.25) is 14.8 Å². The number of urea groups is 1. The summed E-state index contributed by atoms with van der Waals surface area (Å²) in [6, 6.07) is 11.2. The van der Waals surface area contributed by atoms with E-state index in [0.29, 0.717) is 5.69 Å². The molecule has 0 aliphatic carbocycles.